The molecule has 9 nitrogen and oxygen atoms in total. The first kappa shape index (κ1) is 22.7. The third kappa shape index (κ3) is 3.90. The summed E-state index contributed by atoms with van der Waals surface area (Å²) >= 11 is 0. The molecule has 0 saturated carbocycles. The van der Waals surface area contributed by atoms with Gasteiger partial charge in [0.2, 0.25) is 15.9 Å². The van der Waals surface area contributed by atoms with E-state index in [1.54, 1.807) is 4.90 Å². The molecule has 2 aromatic rings. The van der Waals surface area contributed by atoms with Crippen molar-refractivity contribution in [1.29, 1.82) is 0 Å². The second kappa shape index (κ2) is 8.82. The van der Waals surface area contributed by atoms with E-state index in [0.717, 1.165) is 43.1 Å². The lowest BCUT2D eigenvalue weighted by Crippen LogP contribution is -2.44. The Labute approximate surface area is 187 Å². The number of hydrogen-bond acceptors (Lipinski definition) is 5. The molecule has 32 heavy (non-hydrogen) atoms. The summed E-state index contributed by atoms with van der Waals surface area (Å²) in [6.07, 6.45) is 5.18. The van der Waals surface area contributed by atoms with Gasteiger partial charge in [0.25, 0.3) is 5.56 Å². The van der Waals surface area contributed by atoms with Gasteiger partial charge in [-0.3, -0.25) is 18.7 Å². The van der Waals surface area contributed by atoms with Gasteiger partial charge in [-0.1, -0.05) is 13.3 Å². The van der Waals surface area contributed by atoms with Gasteiger partial charge in [0.15, 0.2) is 0 Å². The molecule has 1 aromatic carbocycles. The number of benzene rings is 1. The standard InChI is InChI=1S/C22H30N4O5S/c1-3-16-8-4-5-13-26(16)32(30,31)17-9-10-19-18(14-17)21(28)25(22(29)23(19)2)15-20(27)24-11-6-7-12-24/h9-10,14,16H,3-8,11-13,15H2,1-2H3/t16-/m0/s1. The number of rotatable bonds is 5. The Balaban J connectivity index is 1.78. The number of piperidine rings is 1. The molecule has 1 amide bonds. The summed E-state index contributed by atoms with van der Waals surface area (Å²) in [6, 6.07) is 4.25. The molecule has 1 aromatic heterocycles. The highest BCUT2D eigenvalue weighted by atomic mass is 32.2. The molecule has 2 fully saturated rings. The van der Waals surface area contributed by atoms with Crippen LogP contribution in [0.3, 0.4) is 0 Å². The van der Waals surface area contributed by atoms with Crippen LogP contribution in [-0.2, 0) is 28.4 Å². The maximum atomic E-state index is 13.4. The van der Waals surface area contributed by atoms with Crippen molar-refractivity contribution in [2.24, 2.45) is 7.05 Å². The van der Waals surface area contributed by atoms with Crippen molar-refractivity contribution in [3.05, 3.63) is 39.0 Å². The van der Waals surface area contributed by atoms with Crippen LogP contribution in [0.1, 0.15) is 45.4 Å². The van der Waals surface area contributed by atoms with Gasteiger partial charge in [0, 0.05) is 32.7 Å². The Morgan fingerprint density at radius 3 is 2.44 bits per heavy atom. The van der Waals surface area contributed by atoms with Crippen LogP contribution in [0.25, 0.3) is 10.9 Å². The highest BCUT2D eigenvalue weighted by Crippen LogP contribution is 2.28. The molecule has 10 heteroatoms. The highest BCUT2D eigenvalue weighted by molar-refractivity contribution is 7.89. The van der Waals surface area contributed by atoms with Crippen molar-refractivity contribution in [3.8, 4) is 0 Å². The van der Waals surface area contributed by atoms with Crippen LogP contribution in [0.5, 0.6) is 0 Å². The second-order valence-electron chi connectivity index (χ2n) is 8.67. The number of nitrogens with zero attached hydrogens (tertiary/aromatic N) is 4. The lowest BCUT2D eigenvalue weighted by Gasteiger charge is -2.34. The molecule has 0 unspecified atom stereocenters. The van der Waals surface area contributed by atoms with Gasteiger partial charge in [0.1, 0.15) is 6.54 Å². The number of likely N-dealkylation sites (tertiary alicyclic amines) is 1. The van der Waals surface area contributed by atoms with E-state index < -0.39 is 21.3 Å². The van der Waals surface area contributed by atoms with E-state index in [1.807, 2.05) is 6.92 Å². The average Bonchev–Trinajstić information content (AvgIpc) is 3.35. The normalized spacial score (nSPS) is 20.2. The summed E-state index contributed by atoms with van der Waals surface area (Å²) in [4.78, 5) is 40.3. The minimum atomic E-state index is -3.78. The second-order valence-corrected chi connectivity index (χ2v) is 10.6. The molecule has 0 bridgehead atoms. The molecule has 2 aliphatic rings. The van der Waals surface area contributed by atoms with E-state index in [1.165, 1.54) is 34.1 Å². The molecule has 0 radical (unpaired) electrons. The van der Waals surface area contributed by atoms with E-state index >= 15 is 0 Å². The maximum absolute atomic E-state index is 13.4. The highest BCUT2D eigenvalue weighted by Gasteiger charge is 2.33. The molecule has 1 atom stereocenters. The smallest absolute Gasteiger partial charge is 0.331 e. The SMILES string of the molecule is CC[C@H]1CCCCN1S(=O)(=O)c1ccc2c(c1)c(=O)n(CC(=O)N1CCCC1)c(=O)n2C. The summed E-state index contributed by atoms with van der Waals surface area (Å²) < 4.78 is 30.5. The average molecular weight is 463 g/mol. The van der Waals surface area contributed by atoms with Gasteiger partial charge < -0.3 is 4.90 Å². The summed E-state index contributed by atoms with van der Waals surface area (Å²) in [7, 11) is -2.26. The molecular formula is C22H30N4O5S. The zero-order valence-electron chi connectivity index (χ0n) is 18.6. The van der Waals surface area contributed by atoms with Crippen LogP contribution in [0.15, 0.2) is 32.7 Å². The number of carbonyl (C=O) groups excluding carboxylic acids is 1. The van der Waals surface area contributed by atoms with Crippen LogP contribution in [0.2, 0.25) is 0 Å². The largest absolute Gasteiger partial charge is 0.341 e. The van der Waals surface area contributed by atoms with Crippen molar-refractivity contribution in [1.82, 2.24) is 18.3 Å². The molecule has 174 valence electrons. The molecule has 0 N–H and O–H groups in total. The predicted molar refractivity (Wildman–Crippen MR) is 121 cm³/mol. The Kier molecular flexibility index (Phi) is 6.26. The fourth-order valence-corrected chi connectivity index (χ4v) is 6.62. The van der Waals surface area contributed by atoms with Gasteiger partial charge in [-0.15, -0.1) is 0 Å². The Morgan fingerprint density at radius 2 is 1.75 bits per heavy atom. The van der Waals surface area contributed by atoms with Crippen molar-refractivity contribution in [2.45, 2.75) is 62.9 Å². The first-order chi connectivity index (χ1) is 15.3. The maximum Gasteiger partial charge on any atom is 0.331 e. The van der Waals surface area contributed by atoms with Crippen molar-refractivity contribution in [3.63, 3.8) is 0 Å². The fraction of sp³-hybridized carbons (Fsp3) is 0.591. The van der Waals surface area contributed by atoms with E-state index in [0.29, 0.717) is 25.2 Å². The fourth-order valence-electron chi connectivity index (χ4n) is 4.83. The lowest BCUT2D eigenvalue weighted by atomic mass is 10.0. The van der Waals surface area contributed by atoms with Crippen LogP contribution < -0.4 is 11.2 Å². The minimum Gasteiger partial charge on any atom is -0.341 e. The molecule has 4 rings (SSSR count). The Bertz CT molecular complexity index is 1260. The van der Waals surface area contributed by atoms with E-state index in [4.69, 9.17) is 0 Å². The number of hydrogen-bond donors (Lipinski definition) is 0. The van der Waals surface area contributed by atoms with Gasteiger partial charge >= 0.3 is 5.69 Å². The van der Waals surface area contributed by atoms with Gasteiger partial charge in [-0.05, 0) is 50.3 Å². The predicted octanol–water partition coefficient (Wildman–Crippen LogP) is 1.28. The van der Waals surface area contributed by atoms with E-state index in [2.05, 4.69) is 0 Å². The lowest BCUT2D eigenvalue weighted by molar-refractivity contribution is -0.130. The van der Waals surface area contributed by atoms with Crippen LogP contribution >= 0.6 is 0 Å². The summed E-state index contributed by atoms with van der Waals surface area (Å²) in [6.45, 7) is 3.34. The minimum absolute atomic E-state index is 0.0403. The first-order valence-corrected chi connectivity index (χ1v) is 12.7. The van der Waals surface area contributed by atoms with E-state index in [-0.39, 0.29) is 28.8 Å². The third-order valence-electron chi connectivity index (χ3n) is 6.73. The quantitative estimate of drug-likeness (QED) is 0.666. The third-order valence-corrected chi connectivity index (χ3v) is 8.67. The summed E-state index contributed by atoms with van der Waals surface area (Å²) in [5.74, 6) is -0.274. The number of sulfonamides is 1. The first-order valence-electron chi connectivity index (χ1n) is 11.3. The van der Waals surface area contributed by atoms with Crippen molar-refractivity contribution in [2.75, 3.05) is 19.6 Å². The van der Waals surface area contributed by atoms with Crippen molar-refractivity contribution < 1.29 is 13.2 Å². The van der Waals surface area contributed by atoms with Crippen LogP contribution in [-0.4, -0.2) is 58.3 Å². The monoisotopic (exact) mass is 462 g/mol. The van der Waals surface area contributed by atoms with Gasteiger partial charge in [0.05, 0.1) is 15.8 Å². The molecule has 0 spiro atoms. The number of aryl methyl sites for hydroxylation is 1. The van der Waals surface area contributed by atoms with Crippen LogP contribution in [0.4, 0.5) is 0 Å². The number of carbonyl (C=O) groups is 1. The summed E-state index contributed by atoms with van der Waals surface area (Å²) in [5, 5.41) is 0.118. The molecular weight excluding hydrogens is 432 g/mol. The van der Waals surface area contributed by atoms with Gasteiger partial charge in [-0.2, -0.15) is 4.31 Å². The molecule has 2 saturated heterocycles. The number of amides is 1. The summed E-state index contributed by atoms with van der Waals surface area (Å²) in [5.41, 5.74) is -0.888. The Morgan fingerprint density at radius 1 is 1.06 bits per heavy atom. The molecule has 3 heterocycles. The topological polar surface area (TPSA) is 102 Å². The Hall–Kier alpha value is -2.46. The molecule has 0 aliphatic carbocycles. The van der Waals surface area contributed by atoms with Crippen molar-refractivity contribution >= 4 is 26.8 Å². The van der Waals surface area contributed by atoms with E-state index in [9.17, 15) is 22.8 Å². The number of aromatic nitrogens is 2. The zero-order chi connectivity index (χ0) is 23.0. The molecule has 2 aliphatic heterocycles. The van der Waals surface area contributed by atoms with Crippen LogP contribution in [0, 0.1) is 0 Å². The zero-order valence-corrected chi connectivity index (χ0v) is 19.4. The number of fused-ring (bicyclic) bond motifs is 1. The van der Waals surface area contributed by atoms with Gasteiger partial charge in [-0.25, -0.2) is 13.2 Å².